The Kier molecular flexibility index (Phi) is 2.82. The topological polar surface area (TPSA) is 50.9 Å². The number of hydrogen-bond donors (Lipinski definition) is 1. The van der Waals surface area contributed by atoms with Crippen LogP contribution in [0.15, 0.2) is 18.6 Å². The van der Waals surface area contributed by atoms with Crippen LogP contribution in [0, 0.1) is 18.8 Å². The van der Waals surface area contributed by atoms with Crippen molar-refractivity contribution in [3.8, 4) is 0 Å². The Morgan fingerprint density at radius 2 is 2.22 bits per heavy atom. The van der Waals surface area contributed by atoms with E-state index in [4.69, 9.17) is 0 Å². The fourth-order valence-corrected chi connectivity index (χ4v) is 3.17. The second-order valence-electron chi connectivity index (χ2n) is 5.46. The van der Waals surface area contributed by atoms with Crippen molar-refractivity contribution >= 4 is 11.0 Å². The van der Waals surface area contributed by atoms with Crippen LogP contribution in [0.1, 0.15) is 31.5 Å². The van der Waals surface area contributed by atoms with Gasteiger partial charge in [-0.3, -0.25) is 0 Å². The summed E-state index contributed by atoms with van der Waals surface area (Å²) in [5.41, 5.74) is 2.06. The Labute approximate surface area is 107 Å². The summed E-state index contributed by atoms with van der Waals surface area (Å²) >= 11 is 0. The van der Waals surface area contributed by atoms with E-state index in [9.17, 15) is 5.11 Å². The van der Waals surface area contributed by atoms with Crippen molar-refractivity contribution in [2.24, 2.45) is 11.8 Å². The van der Waals surface area contributed by atoms with E-state index in [1.165, 1.54) is 0 Å². The van der Waals surface area contributed by atoms with Crippen molar-refractivity contribution in [3.63, 3.8) is 0 Å². The number of rotatable bonds is 2. The quantitative estimate of drug-likeness (QED) is 0.883. The minimum Gasteiger partial charge on any atom is -0.396 e. The largest absolute Gasteiger partial charge is 0.396 e. The van der Waals surface area contributed by atoms with Gasteiger partial charge >= 0.3 is 0 Å². The lowest BCUT2D eigenvalue weighted by Gasteiger charge is -2.13. The number of nitrogens with zero attached hydrogens (tertiary/aromatic N) is 3. The SMILES string of the molecule is Cc1ncnc2c1ccn2[C@@H]1C[C@@H](CO)[C@@H](C)C1. The molecule has 4 nitrogen and oxygen atoms in total. The van der Waals surface area contributed by atoms with E-state index in [1.807, 2.05) is 6.92 Å². The van der Waals surface area contributed by atoms with Crippen LogP contribution < -0.4 is 0 Å². The van der Waals surface area contributed by atoms with Crippen LogP contribution in [0.3, 0.4) is 0 Å². The number of aliphatic hydroxyl groups excluding tert-OH is 1. The van der Waals surface area contributed by atoms with E-state index < -0.39 is 0 Å². The molecule has 96 valence electrons. The van der Waals surface area contributed by atoms with Crippen LogP contribution >= 0.6 is 0 Å². The van der Waals surface area contributed by atoms with Gasteiger partial charge in [-0.05, 0) is 37.7 Å². The van der Waals surface area contributed by atoms with Crippen LogP contribution in [0.2, 0.25) is 0 Å². The highest BCUT2D eigenvalue weighted by molar-refractivity contribution is 5.78. The summed E-state index contributed by atoms with van der Waals surface area (Å²) in [4.78, 5) is 8.64. The Morgan fingerprint density at radius 1 is 1.39 bits per heavy atom. The first-order chi connectivity index (χ1) is 8.70. The van der Waals surface area contributed by atoms with Gasteiger partial charge in [0.1, 0.15) is 12.0 Å². The number of hydrogen-bond acceptors (Lipinski definition) is 3. The van der Waals surface area contributed by atoms with Crippen LogP contribution in [0.5, 0.6) is 0 Å². The molecule has 0 amide bonds. The van der Waals surface area contributed by atoms with Gasteiger partial charge in [0, 0.05) is 24.2 Å². The lowest BCUT2D eigenvalue weighted by atomic mass is 10.00. The minimum atomic E-state index is 0.297. The monoisotopic (exact) mass is 245 g/mol. The summed E-state index contributed by atoms with van der Waals surface area (Å²) in [6.45, 7) is 4.54. The molecule has 0 aliphatic heterocycles. The van der Waals surface area contributed by atoms with Gasteiger partial charge in [0.15, 0.2) is 0 Å². The Hall–Kier alpha value is -1.42. The second kappa shape index (κ2) is 4.35. The van der Waals surface area contributed by atoms with Crippen molar-refractivity contribution in [1.82, 2.24) is 14.5 Å². The van der Waals surface area contributed by atoms with E-state index in [0.717, 1.165) is 29.6 Å². The average molecular weight is 245 g/mol. The van der Waals surface area contributed by atoms with Gasteiger partial charge in [-0.15, -0.1) is 0 Å². The molecule has 0 unspecified atom stereocenters. The van der Waals surface area contributed by atoms with E-state index in [0.29, 0.717) is 24.5 Å². The van der Waals surface area contributed by atoms with Gasteiger partial charge in [-0.25, -0.2) is 9.97 Å². The normalized spacial score (nSPS) is 28.1. The molecule has 0 saturated heterocycles. The second-order valence-corrected chi connectivity index (χ2v) is 5.46. The zero-order valence-electron chi connectivity index (χ0n) is 10.9. The Bertz CT molecular complexity index is 563. The third-order valence-corrected chi connectivity index (χ3v) is 4.36. The maximum atomic E-state index is 9.37. The lowest BCUT2D eigenvalue weighted by Crippen LogP contribution is -2.08. The molecule has 2 aromatic rings. The summed E-state index contributed by atoms with van der Waals surface area (Å²) in [5.74, 6) is 1.01. The molecule has 0 radical (unpaired) electrons. The van der Waals surface area contributed by atoms with Crippen molar-refractivity contribution < 1.29 is 5.11 Å². The summed E-state index contributed by atoms with van der Waals surface area (Å²) in [6.07, 6.45) is 5.92. The Balaban J connectivity index is 1.99. The maximum Gasteiger partial charge on any atom is 0.143 e. The van der Waals surface area contributed by atoms with Gasteiger partial charge in [-0.1, -0.05) is 6.92 Å². The first-order valence-electron chi connectivity index (χ1n) is 6.59. The van der Waals surface area contributed by atoms with Gasteiger partial charge < -0.3 is 9.67 Å². The summed E-state index contributed by atoms with van der Waals surface area (Å²) in [6, 6.07) is 2.56. The molecule has 0 spiro atoms. The molecule has 4 heteroatoms. The molecule has 2 aromatic heterocycles. The highest BCUT2D eigenvalue weighted by atomic mass is 16.3. The standard InChI is InChI=1S/C14H19N3O/c1-9-5-12(6-11(9)7-18)17-4-3-13-10(2)15-8-16-14(13)17/h3-4,8-9,11-12,18H,5-7H2,1-2H3/t9-,11-,12-/m0/s1. The van der Waals surface area contributed by atoms with Crippen LogP contribution in [0.4, 0.5) is 0 Å². The number of aryl methyl sites for hydroxylation is 1. The number of aromatic nitrogens is 3. The summed E-state index contributed by atoms with van der Waals surface area (Å²) < 4.78 is 2.26. The van der Waals surface area contributed by atoms with E-state index in [1.54, 1.807) is 6.33 Å². The molecule has 0 aromatic carbocycles. The van der Waals surface area contributed by atoms with E-state index >= 15 is 0 Å². The molecule has 1 saturated carbocycles. The molecular formula is C14H19N3O. The van der Waals surface area contributed by atoms with E-state index in [2.05, 4.69) is 33.7 Å². The van der Waals surface area contributed by atoms with Crippen molar-refractivity contribution in [1.29, 1.82) is 0 Å². The lowest BCUT2D eigenvalue weighted by molar-refractivity contribution is 0.200. The van der Waals surface area contributed by atoms with Crippen molar-refractivity contribution in [2.45, 2.75) is 32.7 Å². The fraction of sp³-hybridized carbons (Fsp3) is 0.571. The summed E-state index contributed by atoms with van der Waals surface area (Å²) in [7, 11) is 0. The molecule has 3 atom stereocenters. The van der Waals surface area contributed by atoms with Crippen LogP contribution in [-0.2, 0) is 0 Å². The maximum absolute atomic E-state index is 9.37. The first-order valence-corrected chi connectivity index (χ1v) is 6.59. The average Bonchev–Trinajstić information content (AvgIpc) is 2.93. The zero-order valence-corrected chi connectivity index (χ0v) is 10.9. The molecule has 1 aliphatic carbocycles. The minimum absolute atomic E-state index is 0.297. The van der Waals surface area contributed by atoms with Gasteiger partial charge in [0.2, 0.25) is 0 Å². The highest BCUT2D eigenvalue weighted by Gasteiger charge is 2.32. The fourth-order valence-electron chi connectivity index (χ4n) is 3.17. The molecular weight excluding hydrogens is 226 g/mol. The number of aliphatic hydroxyl groups is 1. The smallest absolute Gasteiger partial charge is 0.143 e. The molecule has 2 heterocycles. The van der Waals surface area contributed by atoms with Gasteiger partial charge in [0.25, 0.3) is 0 Å². The molecule has 3 rings (SSSR count). The molecule has 1 N–H and O–H groups in total. The van der Waals surface area contributed by atoms with Crippen molar-refractivity contribution in [3.05, 3.63) is 24.3 Å². The molecule has 1 aliphatic rings. The molecule has 0 bridgehead atoms. The van der Waals surface area contributed by atoms with Crippen LogP contribution in [-0.4, -0.2) is 26.2 Å². The highest BCUT2D eigenvalue weighted by Crippen LogP contribution is 2.40. The summed E-state index contributed by atoms with van der Waals surface area (Å²) in [5, 5.41) is 10.5. The van der Waals surface area contributed by atoms with Crippen LogP contribution in [0.25, 0.3) is 11.0 Å². The predicted octanol–water partition coefficient (Wildman–Crippen LogP) is 2.32. The molecule has 1 fully saturated rings. The predicted molar refractivity (Wildman–Crippen MR) is 70.3 cm³/mol. The van der Waals surface area contributed by atoms with Crippen molar-refractivity contribution in [2.75, 3.05) is 6.61 Å². The van der Waals surface area contributed by atoms with E-state index in [-0.39, 0.29) is 0 Å². The zero-order chi connectivity index (χ0) is 12.7. The third-order valence-electron chi connectivity index (χ3n) is 4.36. The third kappa shape index (κ3) is 1.72. The van der Waals surface area contributed by atoms with Gasteiger partial charge in [-0.2, -0.15) is 0 Å². The number of fused-ring (bicyclic) bond motifs is 1. The van der Waals surface area contributed by atoms with Gasteiger partial charge in [0.05, 0.1) is 5.69 Å². The first kappa shape index (κ1) is 11.7. The molecule has 18 heavy (non-hydrogen) atoms. The Morgan fingerprint density at radius 3 is 2.94 bits per heavy atom.